The third-order valence-corrected chi connectivity index (χ3v) is 3.54. The average molecular weight is 280 g/mol. The number of hydrogen-bond acceptors (Lipinski definition) is 5. The van der Waals surface area contributed by atoms with Crippen LogP contribution in [0.1, 0.15) is 52.5 Å². The van der Waals surface area contributed by atoms with E-state index in [4.69, 9.17) is 0 Å². The van der Waals surface area contributed by atoms with Gasteiger partial charge in [-0.25, -0.2) is 9.97 Å². The first-order chi connectivity index (χ1) is 9.60. The van der Waals surface area contributed by atoms with Gasteiger partial charge in [0.05, 0.1) is 12.1 Å². The van der Waals surface area contributed by atoms with E-state index in [-0.39, 0.29) is 12.1 Å². The van der Waals surface area contributed by atoms with E-state index in [0.717, 1.165) is 49.4 Å². The Kier molecular flexibility index (Phi) is 6.71. The summed E-state index contributed by atoms with van der Waals surface area (Å²) < 4.78 is 0. The molecule has 114 valence electrons. The largest absolute Gasteiger partial charge is 0.394 e. The van der Waals surface area contributed by atoms with Crippen LogP contribution >= 0.6 is 0 Å². The molecule has 1 heterocycles. The normalized spacial score (nSPS) is 13.8. The predicted molar refractivity (Wildman–Crippen MR) is 84.2 cm³/mol. The van der Waals surface area contributed by atoms with Crippen molar-refractivity contribution in [2.75, 3.05) is 23.8 Å². The van der Waals surface area contributed by atoms with Crippen LogP contribution in [0.25, 0.3) is 0 Å². The lowest BCUT2D eigenvalue weighted by molar-refractivity contribution is 0.218. The van der Waals surface area contributed by atoms with Gasteiger partial charge in [0.25, 0.3) is 0 Å². The van der Waals surface area contributed by atoms with Crippen molar-refractivity contribution in [3.8, 4) is 0 Å². The van der Waals surface area contributed by atoms with E-state index in [1.165, 1.54) is 0 Å². The Morgan fingerprint density at radius 2 is 1.85 bits per heavy atom. The summed E-state index contributed by atoms with van der Waals surface area (Å²) in [6.45, 7) is 9.32. The maximum Gasteiger partial charge on any atom is 0.135 e. The van der Waals surface area contributed by atoms with Gasteiger partial charge in [0, 0.05) is 12.1 Å². The van der Waals surface area contributed by atoms with Gasteiger partial charge >= 0.3 is 0 Å². The Balaban J connectivity index is 3.04. The van der Waals surface area contributed by atoms with Crippen molar-refractivity contribution >= 4 is 11.6 Å². The van der Waals surface area contributed by atoms with E-state index in [2.05, 4.69) is 41.4 Å². The molecule has 0 saturated carbocycles. The Morgan fingerprint density at radius 3 is 2.40 bits per heavy atom. The Morgan fingerprint density at radius 1 is 1.15 bits per heavy atom. The van der Waals surface area contributed by atoms with Gasteiger partial charge in [0.1, 0.15) is 18.0 Å². The quantitative estimate of drug-likeness (QED) is 0.649. The van der Waals surface area contributed by atoms with Gasteiger partial charge in [-0.05, 0) is 26.2 Å². The highest BCUT2D eigenvalue weighted by atomic mass is 16.3. The molecule has 20 heavy (non-hydrogen) atoms. The van der Waals surface area contributed by atoms with Crippen molar-refractivity contribution in [1.29, 1.82) is 0 Å². The van der Waals surface area contributed by atoms with E-state index >= 15 is 0 Å². The number of hydrogen-bond donors (Lipinski definition) is 3. The molecule has 0 bridgehead atoms. The third-order valence-electron chi connectivity index (χ3n) is 3.54. The molecule has 1 aromatic rings. The van der Waals surface area contributed by atoms with Crippen LogP contribution < -0.4 is 10.6 Å². The fraction of sp³-hybridized carbons (Fsp3) is 0.733. The third kappa shape index (κ3) is 4.34. The average Bonchev–Trinajstić information content (AvgIpc) is 2.47. The Bertz CT molecular complexity index is 405. The van der Waals surface area contributed by atoms with Crippen molar-refractivity contribution < 1.29 is 5.11 Å². The van der Waals surface area contributed by atoms with Crippen molar-refractivity contribution in [2.24, 2.45) is 0 Å². The molecule has 0 spiro atoms. The SMILES string of the molecule is CCCNc1ncnc(NC(C)(CC)CO)c1CCC. The standard InChI is InChI=1S/C15H28N4O/c1-5-8-12-13(16-9-6-2)17-11-18-14(12)19-15(4,7-3)10-20/h11,20H,5-10H2,1-4H3,(H2,16,17,18,19). The lowest BCUT2D eigenvalue weighted by Gasteiger charge is -2.29. The minimum Gasteiger partial charge on any atom is -0.394 e. The highest BCUT2D eigenvalue weighted by molar-refractivity contribution is 5.58. The van der Waals surface area contributed by atoms with Crippen molar-refractivity contribution in [3.63, 3.8) is 0 Å². The van der Waals surface area contributed by atoms with Crippen molar-refractivity contribution in [3.05, 3.63) is 11.9 Å². The van der Waals surface area contributed by atoms with E-state index in [0.29, 0.717) is 0 Å². The lowest BCUT2D eigenvalue weighted by Crippen LogP contribution is -2.38. The summed E-state index contributed by atoms with van der Waals surface area (Å²) in [5.74, 6) is 1.74. The number of nitrogens with zero attached hydrogens (tertiary/aromatic N) is 2. The van der Waals surface area contributed by atoms with E-state index < -0.39 is 0 Å². The van der Waals surface area contributed by atoms with Crippen LogP contribution in [-0.2, 0) is 6.42 Å². The summed E-state index contributed by atoms with van der Waals surface area (Å²) in [6.07, 6.45) is 5.41. The number of aliphatic hydroxyl groups is 1. The number of aliphatic hydroxyl groups excluding tert-OH is 1. The number of anilines is 2. The second kappa shape index (κ2) is 8.04. The lowest BCUT2D eigenvalue weighted by atomic mass is 9.99. The van der Waals surface area contributed by atoms with Crippen LogP contribution in [-0.4, -0.2) is 33.8 Å². The van der Waals surface area contributed by atoms with E-state index in [1.54, 1.807) is 6.33 Å². The fourth-order valence-electron chi connectivity index (χ4n) is 1.93. The number of aromatic nitrogens is 2. The molecule has 0 radical (unpaired) electrons. The van der Waals surface area contributed by atoms with Crippen LogP contribution in [0, 0.1) is 0 Å². The first-order valence-electron chi connectivity index (χ1n) is 7.57. The molecule has 3 N–H and O–H groups in total. The van der Waals surface area contributed by atoms with Crippen molar-refractivity contribution in [2.45, 2.75) is 58.9 Å². The second-order valence-electron chi connectivity index (χ2n) is 5.42. The summed E-state index contributed by atoms with van der Waals surface area (Å²) in [4.78, 5) is 8.73. The molecule has 0 aromatic carbocycles. The van der Waals surface area contributed by atoms with Gasteiger partial charge in [0.2, 0.25) is 0 Å². The van der Waals surface area contributed by atoms with Crippen LogP contribution in [0.4, 0.5) is 11.6 Å². The van der Waals surface area contributed by atoms with Gasteiger partial charge in [-0.3, -0.25) is 0 Å². The second-order valence-corrected chi connectivity index (χ2v) is 5.42. The molecule has 0 aliphatic carbocycles. The molecule has 1 rings (SSSR count). The highest BCUT2D eigenvalue weighted by Gasteiger charge is 2.23. The van der Waals surface area contributed by atoms with Crippen LogP contribution in [0.2, 0.25) is 0 Å². The summed E-state index contributed by atoms with van der Waals surface area (Å²) in [5, 5.41) is 16.3. The molecule has 0 amide bonds. The molecule has 1 atom stereocenters. The molecule has 0 fully saturated rings. The maximum absolute atomic E-state index is 9.56. The minimum atomic E-state index is -0.348. The first-order valence-corrected chi connectivity index (χ1v) is 7.57. The first kappa shape index (κ1) is 16.7. The molecule has 5 heteroatoms. The van der Waals surface area contributed by atoms with E-state index in [1.807, 2.05) is 6.92 Å². The van der Waals surface area contributed by atoms with Crippen LogP contribution in [0.15, 0.2) is 6.33 Å². The zero-order chi connectivity index (χ0) is 15.0. The summed E-state index contributed by atoms with van der Waals surface area (Å²) in [7, 11) is 0. The number of rotatable bonds is 9. The highest BCUT2D eigenvalue weighted by Crippen LogP contribution is 2.25. The Labute approximate surface area is 122 Å². The zero-order valence-electron chi connectivity index (χ0n) is 13.2. The molecule has 0 saturated heterocycles. The fourth-order valence-corrected chi connectivity index (χ4v) is 1.93. The molecule has 0 aliphatic heterocycles. The number of nitrogens with one attached hydrogen (secondary N) is 2. The minimum absolute atomic E-state index is 0.0801. The molecule has 5 nitrogen and oxygen atoms in total. The molecular formula is C15H28N4O. The summed E-state index contributed by atoms with van der Waals surface area (Å²) >= 11 is 0. The van der Waals surface area contributed by atoms with Gasteiger partial charge in [-0.2, -0.15) is 0 Å². The molecule has 0 aliphatic rings. The van der Waals surface area contributed by atoms with Gasteiger partial charge in [-0.1, -0.05) is 27.2 Å². The van der Waals surface area contributed by atoms with E-state index in [9.17, 15) is 5.11 Å². The van der Waals surface area contributed by atoms with Crippen LogP contribution in [0.5, 0.6) is 0 Å². The smallest absolute Gasteiger partial charge is 0.135 e. The summed E-state index contributed by atoms with van der Waals surface area (Å²) in [6, 6.07) is 0. The van der Waals surface area contributed by atoms with Crippen LogP contribution in [0.3, 0.4) is 0 Å². The molecule has 1 aromatic heterocycles. The van der Waals surface area contributed by atoms with Gasteiger partial charge in [0.15, 0.2) is 0 Å². The van der Waals surface area contributed by atoms with Gasteiger partial charge < -0.3 is 15.7 Å². The topological polar surface area (TPSA) is 70.1 Å². The maximum atomic E-state index is 9.56. The molecular weight excluding hydrogens is 252 g/mol. The monoisotopic (exact) mass is 280 g/mol. The van der Waals surface area contributed by atoms with Gasteiger partial charge in [-0.15, -0.1) is 0 Å². The predicted octanol–water partition coefficient (Wildman–Crippen LogP) is 2.82. The summed E-state index contributed by atoms with van der Waals surface area (Å²) in [5.41, 5.74) is 0.760. The molecule has 1 unspecified atom stereocenters. The zero-order valence-corrected chi connectivity index (χ0v) is 13.2. The Hall–Kier alpha value is -1.36. The van der Waals surface area contributed by atoms with Crippen molar-refractivity contribution in [1.82, 2.24) is 9.97 Å².